The maximum atomic E-state index is 14.0. The van der Waals surface area contributed by atoms with Crippen molar-refractivity contribution in [1.29, 1.82) is 0 Å². The molecule has 0 aliphatic carbocycles. The van der Waals surface area contributed by atoms with Crippen LogP contribution in [0.1, 0.15) is 41.5 Å². The molecular formula is C19H18F4N4. The van der Waals surface area contributed by atoms with Gasteiger partial charge < -0.3 is 0 Å². The molecule has 3 heterocycles. The molecule has 0 unspecified atom stereocenters. The van der Waals surface area contributed by atoms with E-state index in [1.807, 2.05) is 0 Å². The molecule has 1 aromatic carbocycles. The van der Waals surface area contributed by atoms with Crippen LogP contribution in [0.15, 0.2) is 36.4 Å². The number of aryl methyl sites for hydroxylation is 1. The van der Waals surface area contributed by atoms with Crippen molar-refractivity contribution in [3.8, 4) is 0 Å². The van der Waals surface area contributed by atoms with Crippen molar-refractivity contribution in [3.05, 3.63) is 64.9 Å². The van der Waals surface area contributed by atoms with Crippen LogP contribution in [-0.2, 0) is 12.7 Å². The van der Waals surface area contributed by atoms with Crippen molar-refractivity contribution in [3.63, 3.8) is 0 Å². The summed E-state index contributed by atoms with van der Waals surface area (Å²) in [6.07, 6.45) is -2.87. The largest absolute Gasteiger partial charge is 0.433 e. The van der Waals surface area contributed by atoms with Crippen LogP contribution in [0.5, 0.6) is 0 Å². The monoisotopic (exact) mass is 378 g/mol. The van der Waals surface area contributed by atoms with E-state index in [2.05, 4.69) is 15.0 Å². The second kappa shape index (κ2) is 6.60. The molecule has 142 valence electrons. The summed E-state index contributed by atoms with van der Waals surface area (Å²) in [5.41, 5.74) is 0.728. The van der Waals surface area contributed by atoms with Crippen molar-refractivity contribution in [2.24, 2.45) is 0 Å². The molecule has 1 saturated heterocycles. The molecule has 8 heteroatoms. The van der Waals surface area contributed by atoms with Gasteiger partial charge in [0.2, 0.25) is 0 Å². The van der Waals surface area contributed by atoms with Gasteiger partial charge in [0, 0.05) is 23.9 Å². The number of fused-ring (bicyclic) bond motifs is 1. The number of hydrogen-bond donors (Lipinski definition) is 0. The van der Waals surface area contributed by atoms with Gasteiger partial charge in [-0.3, -0.25) is 4.90 Å². The minimum absolute atomic E-state index is 0.160. The van der Waals surface area contributed by atoms with Crippen LogP contribution in [0.25, 0.3) is 5.65 Å². The first-order valence-corrected chi connectivity index (χ1v) is 8.75. The molecule has 0 amide bonds. The van der Waals surface area contributed by atoms with Crippen LogP contribution >= 0.6 is 0 Å². The van der Waals surface area contributed by atoms with E-state index in [0.717, 1.165) is 30.0 Å². The molecule has 4 nitrogen and oxygen atoms in total. The lowest BCUT2D eigenvalue weighted by Gasteiger charge is -2.23. The highest BCUT2D eigenvalue weighted by Gasteiger charge is 2.36. The van der Waals surface area contributed by atoms with E-state index in [1.54, 1.807) is 24.3 Å². The van der Waals surface area contributed by atoms with E-state index < -0.39 is 11.9 Å². The Morgan fingerprint density at radius 3 is 2.70 bits per heavy atom. The van der Waals surface area contributed by atoms with E-state index in [0.29, 0.717) is 17.8 Å². The molecule has 2 aromatic heterocycles. The molecule has 27 heavy (non-hydrogen) atoms. The lowest BCUT2D eigenvalue weighted by molar-refractivity contribution is -0.142. The molecule has 1 fully saturated rings. The molecule has 1 aliphatic heterocycles. The quantitative estimate of drug-likeness (QED) is 0.628. The summed E-state index contributed by atoms with van der Waals surface area (Å²) in [7, 11) is 0. The lowest BCUT2D eigenvalue weighted by Crippen LogP contribution is -2.23. The van der Waals surface area contributed by atoms with Gasteiger partial charge >= 0.3 is 6.18 Å². The highest BCUT2D eigenvalue weighted by atomic mass is 19.4. The van der Waals surface area contributed by atoms with Crippen LogP contribution in [0, 0.1) is 12.7 Å². The second-order valence-corrected chi connectivity index (χ2v) is 6.84. The first kappa shape index (κ1) is 17.9. The van der Waals surface area contributed by atoms with Crippen LogP contribution in [0.2, 0.25) is 0 Å². The SMILES string of the molecule is Cc1cc(C(F)(F)F)n2nc([C@H]3CCCN3Cc3ccccc3F)cc2n1. The van der Waals surface area contributed by atoms with Crippen LogP contribution in [-0.4, -0.2) is 26.0 Å². The third-order valence-corrected chi connectivity index (χ3v) is 4.90. The molecule has 0 bridgehead atoms. The van der Waals surface area contributed by atoms with Crippen molar-refractivity contribution in [2.75, 3.05) is 6.54 Å². The molecule has 0 N–H and O–H groups in total. The Labute approximate surface area is 153 Å². The number of likely N-dealkylation sites (tertiary alicyclic amines) is 1. The van der Waals surface area contributed by atoms with E-state index >= 15 is 0 Å². The van der Waals surface area contributed by atoms with Crippen molar-refractivity contribution in [1.82, 2.24) is 19.5 Å². The maximum absolute atomic E-state index is 14.0. The van der Waals surface area contributed by atoms with Gasteiger partial charge in [-0.1, -0.05) is 18.2 Å². The van der Waals surface area contributed by atoms with Gasteiger partial charge in [-0.25, -0.2) is 13.9 Å². The molecule has 1 aliphatic rings. The minimum Gasteiger partial charge on any atom is -0.290 e. The average molecular weight is 378 g/mol. The molecule has 3 aromatic rings. The van der Waals surface area contributed by atoms with Gasteiger partial charge in [0.25, 0.3) is 0 Å². The Morgan fingerprint density at radius 2 is 1.96 bits per heavy atom. The predicted molar refractivity (Wildman–Crippen MR) is 91.5 cm³/mol. The van der Waals surface area contributed by atoms with Crippen molar-refractivity contribution in [2.45, 2.75) is 38.5 Å². The second-order valence-electron chi connectivity index (χ2n) is 6.84. The van der Waals surface area contributed by atoms with E-state index in [-0.39, 0.29) is 23.2 Å². The summed E-state index contributed by atoms with van der Waals surface area (Å²) in [6, 6.07) is 8.98. The predicted octanol–water partition coefficient (Wildman–Crippen LogP) is 4.53. The number of hydrogen-bond acceptors (Lipinski definition) is 3. The molecule has 4 rings (SSSR count). The topological polar surface area (TPSA) is 33.4 Å². The van der Waals surface area contributed by atoms with Crippen molar-refractivity contribution < 1.29 is 17.6 Å². The zero-order chi connectivity index (χ0) is 19.2. The normalized spacial score (nSPS) is 18.5. The minimum atomic E-state index is -4.52. The zero-order valence-corrected chi connectivity index (χ0v) is 14.7. The standard InChI is InChI=1S/C19H18F4N4/c1-12-9-17(19(21,22)23)27-18(24-12)10-15(25-27)16-7-4-8-26(16)11-13-5-2-3-6-14(13)20/h2-3,5-6,9-10,16H,4,7-8,11H2,1H3/t16-/m1/s1. The van der Waals surface area contributed by atoms with Gasteiger partial charge in [-0.05, 0) is 38.4 Å². The summed E-state index contributed by atoms with van der Waals surface area (Å²) in [6.45, 7) is 2.66. The Bertz CT molecular complexity index is 979. The van der Waals surface area contributed by atoms with Gasteiger partial charge in [-0.2, -0.15) is 18.3 Å². The van der Waals surface area contributed by atoms with E-state index in [9.17, 15) is 17.6 Å². The van der Waals surface area contributed by atoms with Crippen LogP contribution in [0.3, 0.4) is 0 Å². The number of halogens is 4. The number of alkyl halides is 3. The van der Waals surface area contributed by atoms with Gasteiger partial charge in [0.05, 0.1) is 11.7 Å². The van der Waals surface area contributed by atoms with Crippen LogP contribution < -0.4 is 0 Å². The average Bonchev–Trinajstić information content (AvgIpc) is 3.21. The Hall–Kier alpha value is -2.48. The summed E-state index contributed by atoms with van der Waals surface area (Å²) in [5, 5.41) is 4.22. The Balaban J connectivity index is 1.70. The summed E-state index contributed by atoms with van der Waals surface area (Å²) in [4.78, 5) is 6.24. The third-order valence-electron chi connectivity index (χ3n) is 4.90. The molecule has 0 spiro atoms. The fourth-order valence-electron chi connectivity index (χ4n) is 3.68. The summed E-state index contributed by atoms with van der Waals surface area (Å²) >= 11 is 0. The van der Waals surface area contributed by atoms with Crippen LogP contribution in [0.4, 0.5) is 17.6 Å². The molecule has 0 radical (unpaired) electrons. The molecular weight excluding hydrogens is 360 g/mol. The van der Waals surface area contributed by atoms with Gasteiger partial charge in [0.1, 0.15) is 11.5 Å². The van der Waals surface area contributed by atoms with E-state index in [1.165, 1.54) is 13.0 Å². The smallest absolute Gasteiger partial charge is 0.290 e. The zero-order valence-electron chi connectivity index (χ0n) is 14.7. The third kappa shape index (κ3) is 3.41. The Kier molecular flexibility index (Phi) is 4.38. The summed E-state index contributed by atoms with van der Waals surface area (Å²) < 4.78 is 54.9. The number of benzene rings is 1. The molecule has 0 saturated carbocycles. The lowest BCUT2D eigenvalue weighted by atomic mass is 10.1. The number of aromatic nitrogens is 3. The number of rotatable bonds is 3. The first-order valence-electron chi connectivity index (χ1n) is 8.75. The van der Waals surface area contributed by atoms with Gasteiger partial charge in [0.15, 0.2) is 5.65 Å². The summed E-state index contributed by atoms with van der Waals surface area (Å²) in [5.74, 6) is -0.283. The first-order chi connectivity index (χ1) is 12.8. The molecule has 1 atom stereocenters. The number of nitrogens with zero attached hydrogens (tertiary/aromatic N) is 4. The fraction of sp³-hybridized carbons (Fsp3) is 0.368. The van der Waals surface area contributed by atoms with Gasteiger partial charge in [-0.15, -0.1) is 0 Å². The highest BCUT2D eigenvalue weighted by molar-refractivity contribution is 5.43. The Morgan fingerprint density at radius 1 is 1.19 bits per heavy atom. The fourth-order valence-corrected chi connectivity index (χ4v) is 3.68. The maximum Gasteiger partial charge on any atom is 0.433 e. The van der Waals surface area contributed by atoms with Crippen molar-refractivity contribution >= 4 is 5.65 Å². The van der Waals surface area contributed by atoms with E-state index in [4.69, 9.17) is 0 Å². The highest BCUT2D eigenvalue weighted by Crippen LogP contribution is 2.35.